The van der Waals surface area contributed by atoms with Gasteiger partial charge in [0, 0.05) is 6.07 Å². The van der Waals surface area contributed by atoms with E-state index in [1.165, 1.54) is 26.4 Å². The van der Waals surface area contributed by atoms with Gasteiger partial charge in [-0.3, -0.25) is 9.10 Å². The standard InChI is InChI=1S/C28H34N2O6S/c1-7-24(21-10-14-26(35-5)20(3)16-21)29-28(31)18-30(25-17-22(34-4)11-15-27(25)36-6)37(32,33)23-12-8-19(2)9-13-23/h8-17,24H,7,18H2,1-6H3,(H,29,31)/t24-/m1/s1. The Labute approximate surface area is 219 Å². The van der Waals surface area contributed by atoms with Crippen LogP contribution in [-0.2, 0) is 14.8 Å². The van der Waals surface area contributed by atoms with Crippen molar-refractivity contribution in [2.75, 3.05) is 32.2 Å². The van der Waals surface area contributed by atoms with Crippen LogP contribution in [0.2, 0.25) is 0 Å². The van der Waals surface area contributed by atoms with E-state index in [0.29, 0.717) is 17.9 Å². The van der Waals surface area contributed by atoms with Gasteiger partial charge in [0.2, 0.25) is 5.91 Å². The van der Waals surface area contributed by atoms with E-state index in [1.807, 2.05) is 39.0 Å². The first-order valence-electron chi connectivity index (χ1n) is 11.9. The highest BCUT2D eigenvalue weighted by molar-refractivity contribution is 7.92. The molecule has 0 radical (unpaired) electrons. The van der Waals surface area contributed by atoms with Crippen molar-refractivity contribution in [3.63, 3.8) is 0 Å². The molecule has 3 rings (SSSR count). The minimum atomic E-state index is -4.13. The highest BCUT2D eigenvalue weighted by Gasteiger charge is 2.30. The fourth-order valence-electron chi connectivity index (χ4n) is 4.04. The van der Waals surface area contributed by atoms with E-state index in [1.54, 1.807) is 37.4 Å². The lowest BCUT2D eigenvalue weighted by Crippen LogP contribution is -2.42. The van der Waals surface area contributed by atoms with Gasteiger partial charge in [0.25, 0.3) is 10.0 Å². The smallest absolute Gasteiger partial charge is 0.264 e. The Morgan fingerprint density at radius 1 is 0.892 bits per heavy atom. The number of nitrogens with zero attached hydrogens (tertiary/aromatic N) is 1. The van der Waals surface area contributed by atoms with Crippen molar-refractivity contribution in [3.05, 3.63) is 77.4 Å². The average Bonchev–Trinajstić information content (AvgIpc) is 2.90. The first-order valence-corrected chi connectivity index (χ1v) is 13.3. The Kier molecular flexibility index (Phi) is 9.04. The topological polar surface area (TPSA) is 94.2 Å². The Morgan fingerprint density at radius 3 is 2.11 bits per heavy atom. The molecule has 3 aromatic carbocycles. The first kappa shape index (κ1) is 27.9. The summed E-state index contributed by atoms with van der Waals surface area (Å²) in [7, 11) is 0.414. The lowest BCUT2D eigenvalue weighted by molar-refractivity contribution is -0.120. The zero-order valence-corrected chi connectivity index (χ0v) is 22.9. The quantitative estimate of drug-likeness (QED) is 0.386. The Hall–Kier alpha value is -3.72. The van der Waals surface area contributed by atoms with Crippen LogP contribution in [0.1, 0.15) is 36.1 Å². The van der Waals surface area contributed by atoms with Gasteiger partial charge in [0.05, 0.1) is 38.0 Å². The van der Waals surface area contributed by atoms with Gasteiger partial charge in [-0.2, -0.15) is 0 Å². The van der Waals surface area contributed by atoms with Crippen LogP contribution < -0.4 is 23.8 Å². The summed E-state index contributed by atoms with van der Waals surface area (Å²) in [6, 6.07) is 16.7. The van der Waals surface area contributed by atoms with E-state index in [9.17, 15) is 13.2 Å². The van der Waals surface area contributed by atoms with Crippen LogP contribution in [0.25, 0.3) is 0 Å². The molecule has 0 spiro atoms. The number of amides is 1. The van der Waals surface area contributed by atoms with Crippen LogP contribution in [-0.4, -0.2) is 42.2 Å². The van der Waals surface area contributed by atoms with Crippen molar-refractivity contribution in [1.82, 2.24) is 5.32 Å². The van der Waals surface area contributed by atoms with Gasteiger partial charge in [-0.25, -0.2) is 8.42 Å². The zero-order valence-electron chi connectivity index (χ0n) is 22.1. The van der Waals surface area contributed by atoms with Crippen molar-refractivity contribution >= 4 is 21.6 Å². The molecular weight excluding hydrogens is 492 g/mol. The number of benzene rings is 3. The molecule has 1 amide bonds. The summed E-state index contributed by atoms with van der Waals surface area (Å²) in [6.07, 6.45) is 0.616. The molecule has 198 valence electrons. The Morgan fingerprint density at radius 2 is 1.54 bits per heavy atom. The average molecular weight is 527 g/mol. The third-order valence-corrected chi connectivity index (χ3v) is 7.89. The molecule has 0 fully saturated rings. The maximum Gasteiger partial charge on any atom is 0.264 e. The molecule has 8 nitrogen and oxygen atoms in total. The first-order chi connectivity index (χ1) is 17.6. The molecule has 0 saturated heterocycles. The number of anilines is 1. The minimum Gasteiger partial charge on any atom is -0.497 e. The van der Waals surface area contributed by atoms with E-state index < -0.39 is 22.5 Å². The third kappa shape index (κ3) is 6.35. The van der Waals surface area contributed by atoms with Crippen LogP contribution in [0, 0.1) is 13.8 Å². The summed E-state index contributed by atoms with van der Waals surface area (Å²) in [4.78, 5) is 13.4. The predicted octanol–water partition coefficient (Wildman–Crippen LogP) is 4.79. The molecule has 0 aliphatic carbocycles. The number of aryl methyl sites for hydroxylation is 2. The number of hydrogen-bond acceptors (Lipinski definition) is 6. The molecule has 0 unspecified atom stereocenters. The van der Waals surface area contributed by atoms with Crippen molar-refractivity contribution < 1.29 is 27.4 Å². The highest BCUT2D eigenvalue weighted by atomic mass is 32.2. The van der Waals surface area contributed by atoms with E-state index in [4.69, 9.17) is 14.2 Å². The monoisotopic (exact) mass is 526 g/mol. The van der Waals surface area contributed by atoms with Gasteiger partial charge in [0.1, 0.15) is 23.8 Å². The molecule has 9 heteroatoms. The normalized spacial score (nSPS) is 11.9. The molecule has 37 heavy (non-hydrogen) atoms. The summed E-state index contributed by atoms with van der Waals surface area (Å²) in [5, 5.41) is 2.99. The molecule has 0 bridgehead atoms. The predicted molar refractivity (Wildman–Crippen MR) is 144 cm³/mol. The number of carbonyl (C=O) groups is 1. The van der Waals surface area contributed by atoms with Crippen LogP contribution in [0.3, 0.4) is 0 Å². The number of carbonyl (C=O) groups excluding carboxylic acids is 1. The van der Waals surface area contributed by atoms with Crippen molar-refractivity contribution in [3.8, 4) is 17.2 Å². The third-order valence-electron chi connectivity index (χ3n) is 6.12. The largest absolute Gasteiger partial charge is 0.497 e. The molecule has 3 aromatic rings. The minimum absolute atomic E-state index is 0.0635. The molecule has 1 N–H and O–H groups in total. The van der Waals surface area contributed by atoms with Crippen LogP contribution >= 0.6 is 0 Å². The number of nitrogens with one attached hydrogen (secondary N) is 1. The molecule has 1 atom stereocenters. The molecular formula is C28H34N2O6S. The number of sulfonamides is 1. The second-order valence-electron chi connectivity index (χ2n) is 8.62. The lowest BCUT2D eigenvalue weighted by atomic mass is 10.0. The summed E-state index contributed by atoms with van der Waals surface area (Å²) >= 11 is 0. The van der Waals surface area contributed by atoms with E-state index in [-0.39, 0.29) is 16.6 Å². The molecule has 0 aliphatic rings. The SMILES string of the molecule is CC[C@@H](NC(=O)CN(c1cc(OC)ccc1OC)S(=O)(=O)c1ccc(C)cc1)c1ccc(OC)c(C)c1. The molecule has 0 heterocycles. The molecule has 0 saturated carbocycles. The van der Waals surface area contributed by atoms with Crippen molar-refractivity contribution in [2.24, 2.45) is 0 Å². The van der Waals surface area contributed by atoms with Crippen LogP contribution in [0.5, 0.6) is 17.2 Å². The van der Waals surface area contributed by atoms with Crippen molar-refractivity contribution in [2.45, 2.75) is 38.1 Å². The van der Waals surface area contributed by atoms with Crippen molar-refractivity contribution in [1.29, 1.82) is 0 Å². The fraction of sp³-hybridized carbons (Fsp3) is 0.321. The lowest BCUT2D eigenvalue weighted by Gasteiger charge is -2.27. The Balaban J connectivity index is 2.00. The summed E-state index contributed by atoms with van der Waals surface area (Å²) < 4.78 is 44.8. The van der Waals surface area contributed by atoms with Gasteiger partial charge in [-0.15, -0.1) is 0 Å². The molecule has 0 aliphatic heterocycles. The zero-order chi connectivity index (χ0) is 27.2. The summed E-state index contributed by atoms with van der Waals surface area (Å²) in [5.41, 5.74) is 2.96. The van der Waals surface area contributed by atoms with Crippen LogP contribution in [0.4, 0.5) is 5.69 Å². The maximum absolute atomic E-state index is 13.8. The maximum atomic E-state index is 13.8. The van der Waals surface area contributed by atoms with Gasteiger partial charge >= 0.3 is 0 Å². The number of hydrogen-bond donors (Lipinski definition) is 1. The van der Waals surface area contributed by atoms with Crippen LogP contribution in [0.15, 0.2) is 65.6 Å². The van der Waals surface area contributed by atoms with Gasteiger partial charge in [0.15, 0.2) is 0 Å². The second kappa shape index (κ2) is 12.0. The number of methoxy groups -OCH3 is 3. The van der Waals surface area contributed by atoms with Gasteiger partial charge < -0.3 is 19.5 Å². The summed E-state index contributed by atoms with van der Waals surface area (Å²) in [6.45, 7) is 5.31. The van der Waals surface area contributed by atoms with Gasteiger partial charge in [-0.1, -0.05) is 36.8 Å². The second-order valence-corrected chi connectivity index (χ2v) is 10.5. The van der Waals surface area contributed by atoms with E-state index in [0.717, 1.165) is 26.7 Å². The van der Waals surface area contributed by atoms with E-state index in [2.05, 4.69) is 5.32 Å². The summed E-state index contributed by atoms with van der Waals surface area (Å²) in [5.74, 6) is 1.02. The Bertz CT molecular complexity index is 1340. The van der Waals surface area contributed by atoms with Gasteiger partial charge in [-0.05, 0) is 61.7 Å². The fourth-order valence-corrected chi connectivity index (χ4v) is 5.46. The number of rotatable bonds is 11. The number of ether oxygens (including phenoxy) is 3. The highest BCUT2D eigenvalue weighted by Crippen LogP contribution is 2.36. The molecule has 0 aromatic heterocycles. The van der Waals surface area contributed by atoms with E-state index >= 15 is 0 Å².